The van der Waals surface area contributed by atoms with E-state index in [4.69, 9.17) is 4.98 Å². The summed E-state index contributed by atoms with van der Waals surface area (Å²) in [6, 6.07) is 14.2. The van der Waals surface area contributed by atoms with Crippen molar-refractivity contribution in [3.8, 4) is 0 Å². The molecule has 25 heavy (non-hydrogen) atoms. The second-order valence-electron chi connectivity index (χ2n) is 6.92. The Hall–Kier alpha value is -2.07. The SMILES string of the molecule is Cc1ccc(C(=O)CSc2nc3ccccc3n2CC(C)C)c(C)c1. The fourth-order valence-corrected chi connectivity index (χ4v) is 3.95. The second-order valence-corrected chi connectivity index (χ2v) is 7.86. The minimum absolute atomic E-state index is 0.158. The van der Waals surface area contributed by atoms with Crippen LogP contribution in [0.1, 0.15) is 35.3 Å². The molecule has 0 saturated carbocycles. The summed E-state index contributed by atoms with van der Waals surface area (Å²) in [4.78, 5) is 17.4. The van der Waals surface area contributed by atoms with Crippen LogP contribution in [0, 0.1) is 19.8 Å². The minimum Gasteiger partial charge on any atom is -0.319 e. The number of carbonyl (C=O) groups is 1. The lowest BCUT2D eigenvalue weighted by atomic mass is 10.0. The number of hydrogen-bond donors (Lipinski definition) is 0. The number of nitrogens with zero attached hydrogens (tertiary/aromatic N) is 2. The summed E-state index contributed by atoms with van der Waals surface area (Å²) in [5.74, 6) is 1.09. The standard InChI is InChI=1S/C21H24N2OS/c1-14(2)12-23-19-8-6-5-7-18(19)22-21(23)25-13-20(24)17-10-9-15(3)11-16(17)4/h5-11,14H,12-13H2,1-4H3. The zero-order valence-electron chi connectivity index (χ0n) is 15.2. The van der Waals surface area contributed by atoms with Gasteiger partial charge in [0.1, 0.15) is 0 Å². The van der Waals surface area contributed by atoms with Crippen molar-refractivity contribution in [2.24, 2.45) is 5.92 Å². The molecule has 0 saturated heterocycles. The van der Waals surface area contributed by atoms with E-state index in [0.717, 1.165) is 33.9 Å². The number of fused-ring (bicyclic) bond motifs is 1. The van der Waals surface area contributed by atoms with E-state index in [2.05, 4.69) is 30.5 Å². The van der Waals surface area contributed by atoms with E-state index in [0.29, 0.717) is 11.7 Å². The number of rotatable bonds is 6. The first-order chi connectivity index (χ1) is 12.0. The van der Waals surface area contributed by atoms with Gasteiger partial charge in [0.05, 0.1) is 16.8 Å². The third-order valence-corrected chi connectivity index (χ3v) is 5.16. The number of carbonyl (C=O) groups excluding carboxylic acids is 1. The molecule has 2 aromatic carbocycles. The van der Waals surface area contributed by atoms with Crippen LogP contribution in [0.15, 0.2) is 47.6 Å². The van der Waals surface area contributed by atoms with Crippen molar-refractivity contribution in [2.45, 2.75) is 39.4 Å². The molecule has 0 bridgehead atoms. The van der Waals surface area contributed by atoms with Gasteiger partial charge in [-0.2, -0.15) is 0 Å². The zero-order valence-corrected chi connectivity index (χ0v) is 16.1. The molecule has 130 valence electrons. The summed E-state index contributed by atoms with van der Waals surface area (Å²) in [6.07, 6.45) is 0. The lowest BCUT2D eigenvalue weighted by molar-refractivity contribution is 0.102. The Labute approximate surface area is 153 Å². The number of thioether (sulfide) groups is 1. The third-order valence-electron chi connectivity index (χ3n) is 4.18. The maximum atomic E-state index is 12.6. The van der Waals surface area contributed by atoms with Crippen LogP contribution in [0.2, 0.25) is 0 Å². The summed E-state index contributed by atoms with van der Waals surface area (Å²) >= 11 is 1.53. The molecule has 0 spiro atoms. The molecule has 3 nitrogen and oxygen atoms in total. The Bertz CT molecular complexity index is 911. The third kappa shape index (κ3) is 3.96. The van der Waals surface area contributed by atoms with Crippen molar-refractivity contribution < 1.29 is 4.79 Å². The number of imidazole rings is 1. The van der Waals surface area contributed by atoms with E-state index in [-0.39, 0.29) is 5.78 Å². The minimum atomic E-state index is 0.158. The fourth-order valence-electron chi connectivity index (χ4n) is 3.04. The molecule has 3 rings (SSSR count). The lowest BCUT2D eigenvalue weighted by Crippen LogP contribution is -2.09. The molecule has 0 radical (unpaired) electrons. The van der Waals surface area contributed by atoms with Gasteiger partial charge in [0.2, 0.25) is 0 Å². The summed E-state index contributed by atoms with van der Waals surface area (Å²) < 4.78 is 2.24. The molecule has 4 heteroatoms. The van der Waals surface area contributed by atoms with Crippen molar-refractivity contribution >= 4 is 28.6 Å². The van der Waals surface area contributed by atoms with Crippen LogP contribution in [0.3, 0.4) is 0 Å². The average molecular weight is 353 g/mol. The quantitative estimate of drug-likeness (QED) is 0.447. The molecule has 0 aliphatic carbocycles. The maximum absolute atomic E-state index is 12.6. The largest absolute Gasteiger partial charge is 0.319 e. The monoisotopic (exact) mass is 352 g/mol. The first-order valence-electron chi connectivity index (χ1n) is 8.64. The van der Waals surface area contributed by atoms with E-state index in [1.54, 1.807) is 0 Å². The highest BCUT2D eigenvalue weighted by molar-refractivity contribution is 7.99. The molecule has 0 aliphatic rings. The Balaban J connectivity index is 1.84. The van der Waals surface area contributed by atoms with Gasteiger partial charge in [0, 0.05) is 12.1 Å². The molecule has 0 unspecified atom stereocenters. The number of aromatic nitrogens is 2. The highest BCUT2D eigenvalue weighted by Gasteiger charge is 2.15. The van der Waals surface area contributed by atoms with Crippen molar-refractivity contribution in [2.75, 3.05) is 5.75 Å². The first kappa shape index (κ1) is 17.7. The Morgan fingerprint density at radius 2 is 1.92 bits per heavy atom. The zero-order chi connectivity index (χ0) is 18.0. The predicted molar refractivity (Wildman–Crippen MR) is 106 cm³/mol. The topological polar surface area (TPSA) is 34.9 Å². The molecular weight excluding hydrogens is 328 g/mol. The maximum Gasteiger partial charge on any atom is 0.173 e. The average Bonchev–Trinajstić information content (AvgIpc) is 2.90. The number of benzene rings is 2. The molecule has 1 aromatic heterocycles. The molecule has 0 amide bonds. The van der Waals surface area contributed by atoms with Gasteiger partial charge >= 0.3 is 0 Å². The molecule has 0 fully saturated rings. The Morgan fingerprint density at radius 3 is 2.64 bits per heavy atom. The molecular formula is C21H24N2OS. The van der Waals surface area contributed by atoms with Crippen molar-refractivity contribution in [3.63, 3.8) is 0 Å². The molecule has 0 N–H and O–H groups in total. The summed E-state index contributed by atoms with van der Waals surface area (Å²) in [5, 5.41) is 0.924. The highest BCUT2D eigenvalue weighted by Crippen LogP contribution is 2.26. The van der Waals surface area contributed by atoms with Gasteiger partial charge in [-0.1, -0.05) is 61.5 Å². The van der Waals surface area contributed by atoms with Crippen LogP contribution < -0.4 is 0 Å². The Morgan fingerprint density at radius 1 is 1.16 bits per heavy atom. The molecule has 0 atom stereocenters. The van der Waals surface area contributed by atoms with Gasteiger partial charge in [-0.25, -0.2) is 4.98 Å². The normalized spacial score (nSPS) is 11.4. The van der Waals surface area contributed by atoms with Crippen molar-refractivity contribution in [3.05, 3.63) is 59.2 Å². The van der Waals surface area contributed by atoms with Crippen LogP contribution in [-0.4, -0.2) is 21.1 Å². The van der Waals surface area contributed by atoms with Gasteiger partial charge in [0.25, 0.3) is 0 Å². The number of Topliss-reactive ketones (excluding diaryl/α,β-unsaturated/α-hetero) is 1. The van der Waals surface area contributed by atoms with Crippen LogP contribution in [-0.2, 0) is 6.54 Å². The van der Waals surface area contributed by atoms with Crippen LogP contribution in [0.5, 0.6) is 0 Å². The van der Waals surface area contributed by atoms with Gasteiger partial charge in [-0.15, -0.1) is 0 Å². The molecule has 1 heterocycles. The second kappa shape index (κ2) is 7.44. The van der Waals surface area contributed by atoms with E-state index < -0.39 is 0 Å². The highest BCUT2D eigenvalue weighted by atomic mass is 32.2. The van der Waals surface area contributed by atoms with Gasteiger partial charge in [0.15, 0.2) is 10.9 Å². The Kier molecular flexibility index (Phi) is 5.28. The first-order valence-corrected chi connectivity index (χ1v) is 9.63. The van der Waals surface area contributed by atoms with E-state index in [9.17, 15) is 4.79 Å². The van der Waals surface area contributed by atoms with Crippen molar-refractivity contribution in [1.29, 1.82) is 0 Å². The van der Waals surface area contributed by atoms with Crippen LogP contribution in [0.4, 0.5) is 0 Å². The van der Waals surface area contributed by atoms with E-state index in [1.807, 2.05) is 44.2 Å². The van der Waals surface area contributed by atoms with Crippen LogP contribution >= 0.6 is 11.8 Å². The summed E-state index contributed by atoms with van der Waals surface area (Å²) in [5.41, 5.74) is 5.16. The van der Waals surface area contributed by atoms with Gasteiger partial charge in [-0.3, -0.25) is 4.79 Å². The lowest BCUT2D eigenvalue weighted by Gasteiger charge is -2.11. The predicted octanol–water partition coefficient (Wildman–Crippen LogP) is 5.28. The number of ketones is 1. The van der Waals surface area contributed by atoms with E-state index in [1.165, 1.54) is 17.3 Å². The van der Waals surface area contributed by atoms with Crippen LogP contribution in [0.25, 0.3) is 11.0 Å². The number of aryl methyl sites for hydroxylation is 2. The fraction of sp³-hybridized carbons (Fsp3) is 0.333. The molecule has 3 aromatic rings. The summed E-state index contributed by atoms with van der Waals surface area (Å²) in [6.45, 7) is 9.35. The van der Waals surface area contributed by atoms with Gasteiger partial charge < -0.3 is 4.57 Å². The van der Waals surface area contributed by atoms with Gasteiger partial charge in [-0.05, 0) is 37.5 Å². The summed E-state index contributed by atoms with van der Waals surface area (Å²) in [7, 11) is 0. The number of hydrogen-bond acceptors (Lipinski definition) is 3. The number of para-hydroxylation sites is 2. The molecule has 0 aliphatic heterocycles. The smallest absolute Gasteiger partial charge is 0.173 e. The van der Waals surface area contributed by atoms with Crippen molar-refractivity contribution in [1.82, 2.24) is 9.55 Å². The van der Waals surface area contributed by atoms with E-state index >= 15 is 0 Å².